The van der Waals surface area contributed by atoms with Crippen molar-refractivity contribution in [3.05, 3.63) is 91.8 Å². The van der Waals surface area contributed by atoms with Gasteiger partial charge in [-0.15, -0.1) is 11.3 Å². The third kappa shape index (κ3) is 5.44. The van der Waals surface area contributed by atoms with Crippen molar-refractivity contribution in [2.45, 2.75) is 12.5 Å². The number of carbonyl (C=O) groups is 2. The number of amides is 2. The van der Waals surface area contributed by atoms with Crippen LogP contribution in [0.4, 0.5) is 4.39 Å². The highest BCUT2D eigenvalue weighted by Gasteiger charge is 2.42. The molecular formula is C27H26Cl2FN3O2S. The topological polar surface area (TPSA) is 52.7 Å². The Hall–Kier alpha value is -2.45. The van der Waals surface area contributed by atoms with E-state index in [9.17, 15) is 14.0 Å². The summed E-state index contributed by atoms with van der Waals surface area (Å²) in [5, 5.41) is 3.32. The number of rotatable bonds is 7. The van der Waals surface area contributed by atoms with E-state index >= 15 is 0 Å². The fourth-order valence-corrected chi connectivity index (χ4v) is 6.47. The number of likely N-dealkylation sites (tertiary alicyclic amines) is 2. The van der Waals surface area contributed by atoms with Crippen molar-refractivity contribution < 1.29 is 14.0 Å². The number of hydrogen-bond donors (Lipinski definition) is 1. The molecule has 9 heteroatoms. The van der Waals surface area contributed by atoms with E-state index in [0.29, 0.717) is 34.1 Å². The molecular weight excluding hydrogens is 520 g/mol. The number of hydrogen-bond acceptors (Lipinski definition) is 4. The summed E-state index contributed by atoms with van der Waals surface area (Å²) in [5.41, 5.74) is 1.02. The van der Waals surface area contributed by atoms with E-state index in [1.165, 1.54) is 23.5 Å². The summed E-state index contributed by atoms with van der Waals surface area (Å²) in [6.45, 7) is 3.77. The first-order chi connectivity index (χ1) is 17.4. The van der Waals surface area contributed by atoms with E-state index in [-0.39, 0.29) is 28.4 Å². The Kier molecular flexibility index (Phi) is 7.62. The number of nitrogens with one attached hydrogen (secondary N) is 1. The van der Waals surface area contributed by atoms with Crippen LogP contribution in [0.5, 0.6) is 0 Å². The number of benzene rings is 2. The third-order valence-corrected chi connectivity index (χ3v) is 8.61. The largest absolute Gasteiger partial charge is 0.344 e. The van der Waals surface area contributed by atoms with Gasteiger partial charge in [0.1, 0.15) is 5.82 Å². The predicted molar refractivity (Wildman–Crippen MR) is 141 cm³/mol. The first-order valence-electron chi connectivity index (χ1n) is 12.0. The third-order valence-electron chi connectivity index (χ3n) is 7.06. The van der Waals surface area contributed by atoms with Crippen LogP contribution >= 0.6 is 34.5 Å². The van der Waals surface area contributed by atoms with Gasteiger partial charge in [-0.05, 0) is 48.1 Å². The number of nitrogens with zero attached hydrogens (tertiary/aromatic N) is 2. The minimum atomic E-state index is -0.579. The summed E-state index contributed by atoms with van der Waals surface area (Å²) < 4.78 is 14.8. The SMILES string of the molecule is O=C(NC(CCN1CC2CN(C(=O)c3c(F)cccc3Cl)C[C@@H]2C1)c1ccccc1)c1ccc(Cl)s1. The van der Waals surface area contributed by atoms with E-state index in [2.05, 4.69) is 10.2 Å². The summed E-state index contributed by atoms with van der Waals surface area (Å²) in [4.78, 5) is 30.5. The molecule has 1 N–H and O–H groups in total. The number of halogens is 3. The molecule has 2 amide bonds. The molecule has 0 radical (unpaired) electrons. The van der Waals surface area contributed by atoms with E-state index in [1.54, 1.807) is 23.1 Å². The fourth-order valence-electron chi connectivity index (χ4n) is 5.28. The molecule has 2 aliphatic heterocycles. The van der Waals surface area contributed by atoms with Crippen LogP contribution in [0.15, 0.2) is 60.7 Å². The second-order valence-electron chi connectivity index (χ2n) is 9.42. The fraction of sp³-hybridized carbons (Fsp3) is 0.333. The van der Waals surface area contributed by atoms with Gasteiger partial charge in [-0.25, -0.2) is 4.39 Å². The average molecular weight is 546 g/mol. The maximum absolute atomic E-state index is 14.2. The van der Waals surface area contributed by atoms with Crippen LogP contribution in [-0.4, -0.2) is 54.3 Å². The van der Waals surface area contributed by atoms with Gasteiger partial charge in [-0.2, -0.15) is 0 Å². The monoisotopic (exact) mass is 545 g/mol. The van der Waals surface area contributed by atoms with Crippen LogP contribution < -0.4 is 5.32 Å². The first-order valence-corrected chi connectivity index (χ1v) is 13.5. The van der Waals surface area contributed by atoms with Crippen molar-refractivity contribution in [3.8, 4) is 0 Å². The van der Waals surface area contributed by atoms with Crippen LogP contribution in [0.3, 0.4) is 0 Å². The predicted octanol–water partition coefficient (Wildman–Crippen LogP) is 5.76. The quantitative estimate of drug-likeness (QED) is 0.410. The highest BCUT2D eigenvalue weighted by atomic mass is 35.5. The second kappa shape index (κ2) is 10.9. The van der Waals surface area contributed by atoms with Gasteiger partial charge >= 0.3 is 0 Å². The summed E-state index contributed by atoms with van der Waals surface area (Å²) in [6.07, 6.45) is 0.766. The molecule has 1 aromatic heterocycles. The standard InChI is InChI=1S/C27H26Cl2FN3O2S/c28-20-7-4-8-21(30)25(20)27(35)33-15-18-13-32(14-19(18)16-33)12-11-22(17-5-2-1-3-6-17)31-26(34)23-9-10-24(29)36-23/h1-10,18-19,22H,11-16H2,(H,31,34)/t18-,19?,22?/m0/s1. The lowest BCUT2D eigenvalue weighted by Crippen LogP contribution is -2.35. The molecule has 2 saturated heterocycles. The Labute approximate surface area is 223 Å². The second-order valence-corrected chi connectivity index (χ2v) is 11.5. The molecule has 3 atom stereocenters. The zero-order chi connectivity index (χ0) is 25.2. The molecule has 0 saturated carbocycles. The van der Waals surface area contributed by atoms with Crippen LogP contribution in [0.25, 0.3) is 0 Å². The molecule has 3 heterocycles. The maximum atomic E-state index is 14.2. The van der Waals surface area contributed by atoms with E-state index in [1.807, 2.05) is 30.3 Å². The van der Waals surface area contributed by atoms with Crippen molar-refractivity contribution in [3.63, 3.8) is 0 Å². The van der Waals surface area contributed by atoms with E-state index < -0.39 is 5.82 Å². The molecule has 0 spiro atoms. The molecule has 2 aromatic carbocycles. The lowest BCUT2D eigenvalue weighted by atomic mass is 10.0. The van der Waals surface area contributed by atoms with Gasteiger partial charge in [-0.3, -0.25) is 9.59 Å². The van der Waals surface area contributed by atoms with Crippen LogP contribution in [-0.2, 0) is 0 Å². The van der Waals surface area contributed by atoms with Crippen molar-refractivity contribution in [1.82, 2.24) is 15.1 Å². The summed E-state index contributed by atoms with van der Waals surface area (Å²) in [7, 11) is 0. The van der Waals surface area contributed by atoms with Crippen LogP contribution in [0, 0.1) is 17.7 Å². The average Bonchev–Trinajstić information content (AvgIpc) is 3.57. The molecule has 5 nitrogen and oxygen atoms in total. The zero-order valence-electron chi connectivity index (χ0n) is 19.5. The molecule has 188 valence electrons. The van der Waals surface area contributed by atoms with Gasteiger partial charge in [0.05, 0.1) is 25.8 Å². The Bertz CT molecular complexity index is 1220. The van der Waals surface area contributed by atoms with Crippen molar-refractivity contribution >= 4 is 46.4 Å². The molecule has 2 unspecified atom stereocenters. The van der Waals surface area contributed by atoms with E-state index in [4.69, 9.17) is 23.2 Å². The Balaban J connectivity index is 1.19. The number of carbonyl (C=O) groups excluding carboxylic acids is 2. The minimum Gasteiger partial charge on any atom is -0.344 e. The maximum Gasteiger partial charge on any atom is 0.261 e. The van der Waals surface area contributed by atoms with Crippen LogP contribution in [0.1, 0.15) is 38.1 Å². The molecule has 3 aromatic rings. The molecule has 2 fully saturated rings. The lowest BCUT2D eigenvalue weighted by molar-refractivity contribution is 0.0769. The molecule has 0 bridgehead atoms. The summed E-state index contributed by atoms with van der Waals surface area (Å²) in [6, 6.07) is 17.7. The smallest absolute Gasteiger partial charge is 0.261 e. The molecule has 2 aliphatic rings. The van der Waals surface area contributed by atoms with Crippen LogP contribution in [0.2, 0.25) is 9.36 Å². The van der Waals surface area contributed by atoms with E-state index in [0.717, 1.165) is 31.6 Å². The van der Waals surface area contributed by atoms with Gasteiger partial charge in [0.2, 0.25) is 0 Å². The van der Waals surface area contributed by atoms with Crippen molar-refractivity contribution in [1.29, 1.82) is 0 Å². The summed E-state index contributed by atoms with van der Waals surface area (Å²) in [5.74, 6) is -0.348. The van der Waals surface area contributed by atoms with Gasteiger partial charge in [0, 0.05) is 32.7 Å². The summed E-state index contributed by atoms with van der Waals surface area (Å²) >= 11 is 13.4. The Morgan fingerprint density at radius 1 is 0.972 bits per heavy atom. The normalized spacial score (nSPS) is 20.4. The lowest BCUT2D eigenvalue weighted by Gasteiger charge is -2.25. The Morgan fingerprint density at radius 3 is 2.33 bits per heavy atom. The number of thiophene rings is 1. The minimum absolute atomic E-state index is 0.0375. The highest BCUT2D eigenvalue weighted by molar-refractivity contribution is 7.18. The van der Waals surface area contributed by atoms with Gasteiger partial charge in [0.15, 0.2) is 0 Å². The van der Waals surface area contributed by atoms with Crippen molar-refractivity contribution in [2.24, 2.45) is 11.8 Å². The zero-order valence-corrected chi connectivity index (χ0v) is 21.8. The Morgan fingerprint density at radius 2 is 1.69 bits per heavy atom. The first kappa shape index (κ1) is 25.2. The van der Waals surface area contributed by atoms with Gasteiger partial charge in [-0.1, -0.05) is 59.6 Å². The number of fused-ring (bicyclic) bond motifs is 1. The molecule has 0 aliphatic carbocycles. The molecule has 36 heavy (non-hydrogen) atoms. The van der Waals surface area contributed by atoms with Gasteiger partial charge in [0.25, 0.3) is 11.8 Å². The van der Waals surface area contributed by atoms with Gasteiger partial charge < -0.3 is 15.1 Å². The highest BCUT2D eigenvalue weighted by Crippen LogP contribution is 2.34. The molecule has 5 rings (SSSR count). The van der Waals surface area contributed by atoms with Crippen molar-refractivity contribution in [2.75, 3.05) is 32.7 Å².